The second kappa shape index (κ2) is 5.89. The standard InChI is InChI=1S/C19H20FN3O/c1-12-13(2)23(10-14-3-4-14)18-17(12)9-21-22-19(18)24-11-15-5-7-16(20)8-6-15/h5-9,14H,3-4,10-11H2,1-2H3. The summed E-state index contributed by atoms with van der Waals surface area (Å²) < 4.78 is 21.3. The molecule has 0 atom stereocenters. The van der Waals surface area contributed by atoms with Gasteiger partial charge < -0.3 is 9.30 Å². The second-order valence-corrected chi connectivity index (χ2v) is 6.59. The molecule has 0 aliphatic heterocycles. The summed E-state index contributed by atoms with van der Waals surface area (Å²) in [6, 6.07) is 6.33. The fourth-order valence-corrected chi connectivity index (χ4v) is 3.08. The fourth-order valence-electron chi connectivity index (χ4n) is 3.08. The number of aromatic nitrogens is 3. The Morgan fingerprint density at radius 2 is 1.96 bits per heavy atom. The van der Waals surface area contributed by atoms with Crippen molar-refractivity contribution >= 4 is 10.9 Å². The first-order chi connectivity index (χ1) is 11.6. The van der Waals surface area contributed by atoms with Gasteiger partial charge in [-0.25, -0.2) is 4.39 Å². The Kier molecular flexibility index (Phi) is 3.71. The molecule has 0 saturated heterocycles. The minimum atomic E-state index is -0.245. The molecule has 0 bridgehead atoms. The maximum atomic E-state index is 13.0. The van der Waals surface area contributed by atoms with Crippen LogP contribution in [0, 0.1) is 25.6 Å². The molecule has 4 nitrogen and oxygen atoms in total. The van der Waals surface area contributed by atoms with Crippen LogP contribution in [0.3, 0.4) is 0 Å². The quantitative estimate of drug-likeness (QED) is 0.706. The molecule has 0 N–H and O–H groups in total. The van der Waals surface area contributed by atoms with E-state index in [1.54, 1.807) is 12.1 Å². The Labute approximate surface area is 140 Å². The van der Waals surface area contributed by atoms with Gasteiger partial charge >= 0.3 is 0 Å². The van der Waals surface area contributed by atoms with Crippen molar-refractivity contribution in [1.82, 2.24) is 14.8 Å². The summed E-state index contributed by atoms with van der Waals surface area (Å²) in [6.07, 6.45) is 4.40. The van der Waals surface area contributed by atoms with E-state index in [4.69, 9.17) is 4.74 Å². The molecule has 1 aliphatic rings. The number of nitrogens with zero attached hydrogens (tertiary/aromatic N) is 3. The number of fused-ring (bicyclic) bond motifs is 1. The highest BCUT2D eigenvalue weighted by Crippen LogP contribution is 2.36. The van der Waals surface area contributed by atoms with E-state index in [-0.39, 0.29) is 5.82 Å². The van der Waals surface area contributed by atoms with Gasteiger partial charge in [-0.15, -0.1) is 5.10 Å². The number of halogens is 1. The Morgan fingerprint density at radius 1 is 1.21 bits per heavy atom. The van der Waals surface area contributed by atoms with Gasteiger partial charge in [0.1, 0.15) is 17.9 Å². The molecule has 0 amide bonds. The molecule has 2 aromatic heterocycles. The summed E-state index contributed by atoms with van der Waals surface area (Å²) in [4.78, 5) is 0. The van der Waals surface area contributed by atoms with Crippen LogP contribution in [0.25, 0.3) is 10.9 Å². The first-order valence-corrected chi connectivity index (χ1v) is 8.32. The van der Waals surface area contributed by atoms with Crippen molar-refractivity contribution in [1.29, 1.82) is 0 Å². The van der Waals surface area contributed by atoms with Crippen molar-refractivity contribution in [3.05, 3.63) is 53.1 Å². The van der Waals surface area contributed by atoms with Crippen LogP contribution in [-0.2, 0) is 13.2 Å². The molecule has 3 aromatic rings. The van der Waals surface area contributed by atoms with E-state index in [0.29, 0.717) is 12.5 Å². The summed E-state index contributed by atoms with van der Waals surface area (Å²) in [5, 5.41) is 9.41. The molecule has 124 valence electrons. The zero-order valence-electron chi connectivity index (χ0n) is 13.9. The monoisotopic (exact) mass is 325 g/mol. The van der Waals surface area contributed by atoms with Crippen LogP contribution >= 0.6 is 0 Å². The normalized spacial score (nSPS) is 14.3. The number of rotatable bonds is 5. The highest BCUT2D eigenvalue weighted by molar-refractivity contribution is 5.88. The van der Waals surface area contributed by atoms with Crippen molar-refractivity contribution < 1.29 is 9.13 Å². The van der Waals surface area contributed by atoms with Gasteiger partial charge in [0.2, 0.25) is 0 Å². The molecule has 1 aromatic carbocycles. The summed E-state index contributed by atoms with van der Waals surface area (Å²) in [6.45, 7) is 5.61. The predicted molar refractivity (Wildman–Crippen MR) is 90.5 cm³/mol. The van der Waals surface area contributed by atoms with Crippen molar-refractivity contribution in [3.8, 4) is 5.88 Å². The van der Waals surface area contributed by atoms with Crippen molar-refractivity contribution in [2.75, 3.05) is 0 Å². The van der Waals surface area contributed by atoms with E-state index >= 15 is 0 Å². The zero-order chi connectivity index (χ0) is 16.7. The van der Waals surface area contributed by atoms with Crippen molar-refractivity contribution in [3.63, 3.8) is 0 Å². The Bertz CT molecular complexity index is 882. The largest absolute Gasteiger partial charge is 0.470 e. The molecule has 0 radical (unpaired) electrons. The van der Waals surface area contributed by atoms with E-state index in [1.165, 1.54) is 36.2 Å². The zero-order valence-corrected chi connectivity index (χ0v) is 13.9. The Morgan fingerprint density at radius 3 is 2.67 bits per heavy atom. The Hall–Kier alpha value is -2.43. The summed E-state index contributed by atoms with van der Waals surface area (Å²) in [7, 11) is 0. The minimum absolute atomic E-state index is 0.245. The lowest BCUT2D eigenvalue weighted by molar-refractivity contribution is 0.292. The number of ether oxygens (including phenoxy) is 1. The van der Waals surface area contributed by atoms with Crippen LogP contribution < -0.4 is 4.74 Å². The molecule has 0 spiro atoms. The van der Waals surface area contributed by atoms with Gasteiger partial charge in [0.25, 0.3) is 5.88 Å². The molecule has 2 heterocycles. The van der Waals surface area contributed by atoms with E-state index in [9.17, 15) is 4.39 Å². The summed E-state index contributed by atoms with van der Waals surface area (Å²) in [5.41, 5.74) is 4.41. The van der Waals surface area contributed by atoms with Crippen LogP contribution in [0.2, 0.25) is 0 Å². The van der Waals surface area contributed by atoms with Gasteiger partial charge in [-0.2, -0.15) is 5.10 Å². The maximum Gasteiger partial charge on any atom is 0.258 e. The number of hydrogen-bond donors (Lipinski definition) is 0. The van der Waals surface area contributed by atoms with Crippen molar-refractivity contribution in [2.45, 2.75) is 39.8 Å². The van der Waals surface area contributed by atoms with Gasteiger partial charge in [0, 0.05) is 17.6 Å². The number of aryl methyl sites for hydroxylation is 1. The molecule has 1 fully saturated rings. The van der Waals surface area contributed by atoms with E-state index in [1.807, 2.05) is 6.20 Å². The van der Waals surface area contributed by atoms with Crippen LogP contribution in [0.1, 0.15) is 29.7 Å². The van der Waals surface area contributed by atoms with Crippen molar-refractivity contribution in [2.24, 2.45) is 5.92 Å². The average Bonchev–Trinajstić information content (AvgIpc) is 3.38. The van der Waals surface area contributed by atoms with Crippen LogP contribution in [0.15, 0.2) is 30.5 Å². The van der Waals surface area contributed by atoms with Crippen LogP contribution in [-0.4, -0.2) is 14.8 Å². The average molecular weight is 325 g/mol. The molecule has 4 rings (SSSR count). The Balaban J connectivity index is 1.69. The topological polar surface area (TPSA) is 39.9 Å². The molecule has 5 heteroatoms. The van der Waals surface area contributed by atoms with Crippen LogP contribution in [0.4, 0.5) is 4.39 Å². The first kappa shape index (κ1) is 15.1. The lowest BCUT2D eigenvalue weighted by Crippen LogP contribution is -2.05. The third-order valence-corrected chi connectivity index (χ3v) is 4.84. The highest BCUT2D eigenvalue weighted by Gasteiger charge is 2.25. The predicted octanol–water partition coefficient (Wildman–Crippen LogP) is 4.18. The van der Waals surface area contributed by atoms with E-state index in [0.717, 1.165) is 28.9 Å². The van der Waals surface area contributed by atoms with Gasteiger partial charge in [0.05, 0.1) is 6.20 Å². The lowest BCUT2D eigenvalue weighted by atomic mass is 10.2. The summed E-state index contributed by atoms with van der Waals surface area (Å²) in [5.74, 6) is 1.07. The van der Waals surface area contributed by atoms with Gasteiger partial charge in [-0.3, -0.25) is 0 Å². The maximum absolute atomic E-state index is 13.0. The first-order valence-electron chi connectivity index (χ1n) is 8.32. The smallest absolute Gasteiger partial charge is 0.258 e. The van der Waals surface area contributed by atoms with Crippen LogP contribution in [0.5, 0.6) is 5.88 Å². The summed E-state index contributed by atoms with van der Waals surface area (Å²) >= 11 is 0. The second-order valence-electron chi connectivity index (χ2n) is 6.59. The number of hydrogen-bond acceptors (Lipinski definition) is 3. The third kappa shape index (κ3) is 2.75. The molecule has 24 heavy (non-hydrogen) atoms. The van der Waals surface area contributed by atoms with Gasteiger partial charge in [-0.05, 0) is 55.9 Å². The van der Waals surface area contributed by atoms with Gasteiger partial charge in [0.15, 0.2) is 0 Å². The molecular formula is C19H20FN3O. The fraction of sp³-hybridized carbons (Fsp3) is 0.368. The number of benzene rings is 1. The minimum Gasteiger partial charge on any atom is -0.470 e. The molecule has 0 unspecified atom stereocenters. The molecular weight excluding hydrogens is 305 g/mol. The highest BCUT2D eigenvalue weighted by atomic mass is 19.1. The molecule has 1 saturated carbocycles. The molecule has 1 aliphatic carbocycles. The van der Waals surface area contributed by atoms with E-state index in [2.05, 4.69) is 28.6 Å². The van der Waals surface area contributed by atoms with E-state index < -0.39 is 0 Å². The van der Waals surface area contributed by atoms with Gasteiger partial charge in [-0.1, -0.05) is 12.1 Å². The lowest BCUT2D eigenvalue weighted by Gasteiger charge is -2.11. The SMILES string of the molecule is Cc1c(C)n(CC2CC2)c2c(OCc3ccc(F)cc3)nncc12. The third-order valence-electron chi connectivity index (χ3n) is 4.84.